The van der Waals surface area contributed by atoms with Gasteiger partial charge in [0.2, 0.25) is 5.89 Å². The molecule has 6 heteroatoms. The number of oxazole rings is 1. The third-order valence-corrected chi connectivity index (χ3v) is 4.29. The van der Waals surface area contributed by atoms with Crippen LogP contribution in [-0.2, 0) is 9.31 Å². The third-order valence-electron chi connectivity index (χ3n) is 4.29. The molecule has 1 fully saturated rings. The van der Waals surface area contributed by atoms with E-state index in [1.165, 1.54) is 6.92 Å². The molecule has 0 saturated carbocycles. The molecule has 21 heavy (non-hydrogen) atoms. The summed E-state index contributed by atoms with van der Waals surface area (Å²) in [6.07, 6.45) is -1.22. The molecule has 1 aromatic carbocycles. The minimum absolute atomic E-state index is 0.0936. The van der Waals surface area contributed by atoms with Crippen molar-refractivity contribution in [3.05, 3.63) is 24.1 Å². The number of hydrogen-bond acceptors (Lipinski definition) is 4. The summed E-state index contributed by atoms with van der Waals surface area (Å²) in [7, 11) is -0.456. The fraction of sp³-hybridized carbons (Fsp3) is 0.533. The number of fused-ring (bicyclic) bond motifs is 1. The molecule has 0 N–H and O–H groups in total. The van der Waals surface area contributed by atoms with Gasteiger partial charge in [-0.2, -0.15) is 0 Å². The average molecular weight is 291 g/mol. The van der Waals surface area contributed by atoms with Crippen molar-refractivity contribution in [1.29, 1.82) is 0 Å². The van der Waals surface area contributed by atoms with Gasteiger partial charge in [-0.05, 0) is 52.2 Å². The van der Waals surface area contributed by atoms with Crippen molar-refractivity contribution in [3.63, 3.8) is 0 Å². The molecular formula is C15H19BFNO3. The maximum absolute atomic E-state index is 13.3. The van der Waals surface area contributed by atoms with Crippen molar-refractivity contribution >= 4 is 23.7 Å². The Hall–Kier alpha value is -1.40. The molecule has 1 aliphatic heterocycles. The van der Waals surface area contributed by atoms with Gasteiger partial charge in [0.15, 0.2) is 11.8 Å². The number of benzene rings is 1. The standard InChI is InChI=1S/C15H19BFNO3/c1-9(17)13-18-11-8-10(6-7-12(11)19-13)16-20-14(2,3)15(4,5)21-16/h6-9H,1-5H3. The first kappa shape index (κ1) is 14.5. The van der Waals surface area contributed by atoms with E-state index in [1.54, 1.807) is 6.07 Å². The van der Waals surface area contributed by atoms with Crippen LogP contribution in [0.2, 0.25) is 0 Å². The van der Waals surface area contributed by atoms with Gasteiger partial charge in [0.25, 0.3) is 0 Å². The van der Waals surface area contributed by atoms with Crippen molar-refractivity contribution < 1.29 is 18.1 Å². The summed E-state index contributed by atoms with van der Waals surface area (Å²) in [5, 5.41) is 0. The first-order chi connectivity index (χ1) is 9.69. The lowest BCUT2D eigenvalue weighted by Crippen LogP contribution is -2.41. The van der Waals surface area contributed by atoms with Crippen LogP contribution >= 0.6 is 0 Å². The molecule has 2 heterocycles. The first-order valence-corrected chi connectivity index (χ1v) is 7.10. The van der Waals surface area contributed by atoms with E-state index < -0.39 is 24.5 Å². The van der Waals surface area contributed by atoms with Crippen LogP contribution in [0.3, 0.4) is 0 Å². The quantitative estimate of drug-likeness (QED) is 0.797. The van der Waals surface area contributed by atoms with E-state index in [4.69, 9.17) is 13.7 Å². The van der Waals surface area contributed by atoms with Gasteiger partial charge < -0.3 is 13.7 Å². The van der Waals surface area contributed by atoms with Crippen molar-refractivity contribution in [1.82, 2.24) is 4.98 Å². The minimum Gasteiger partial charge on any atom is -0.438 e. The lowest BCUT2D eigenvalue weighted by molar-refractivity contribution is 0.00578. The Kier molecular flexibility index (Phi) is 3.15. The average Bonchev–Trinajstić information content (AvgIpc) is 2.88. The molecular weight excluding hydrogens is 272 g/mol. The highest BCUT2D eigenvalue weighted by molar-refractivity contribution is 6.62. The summed E-state index contributed by atoms with van der Waals surface area (Å²) < 4.78 is 30.6. The number of halogens is 1. The predicted octanol–water partition coefficient (Wildman–Crippen LogP) is 3.16. The summed E-state index contributed by atoms with van der Waals surface area (Å²) in [6.45, 7) is 9.42. The smallest absolute Gasteiger partial charge is 0.438 e. The van der Waals surface area contributed by atoms with E-state index in [1.807, 2.05) is 39.8 Å². The lowest BCUT2D eigenvalue weighted by atomic mass is 9.79. The van der Waals surface area contributed by atoms with E-state index in [0.717, 1.165) is 5.46 Å². The summed E-state index contributed by atoms with van der Waals surface area (Å²) >= 11 is 0. The van der Waals surface area contributed by atoms with Gasteiger partial charge in [-0.3, -0.25) is 0 Å². The molecule has 1 aliphatic rings. The van der Waals surface area contributed by atoms with Crippen molar-refractivity contribution in [3.8, 4) is 0 Å². The van der Waals surface area contributed by atoms with Crippen LogP contribution in [0.15, 0.2) is 22.6 Å². The minimum atomic E-state index is -1.22. The lowest BCUT2D eigenvalue weighted by Gasteiger charge is -2.32. The maximum atomic E-state index is 13.3. The zero-order valence-corrected chi connectivity index (χ0v) is 12.9. The van der Waals surface area contributed by atoms with Crippen molar-refractivity contribution in [2.75, 3.05) is 0 Å². The van der Waals surface area contributed by atoms with Gasteiger partial charge in [0.1, 0.15) is 5.52 Å². The highest BCUT2D eigenvalue weighted by Gasteiger charge is 2.51. The number of alkyl halides is 1. The molecule has 3 rings (SSSR count). The van der Waals surface area contributed by atoms with Gasteiger partial charge in [-0.25, -0.2) is 9.37 Å². The second-order valence-corrected chi connectivity index (χ2v) is 6.48. The predicted molar refractivity (Wildman–Crippen MR) is 79.2 cm³/mol. The van der Waals surface area contributed by atoms with Gasteiger partial charge in [-0.1, -0.05) is 6.07 Å². The first-order valence-electron chi connectivity index (χ1n) is 7.10. The van der Waals surface area contributed by atoms with E-state index >= 15 is 0 Å². The molecule has 0 aliphatic carbocycles. The van der Waals surface area contributed by atoms with Gasteiger partial charge in [-0.15, -0.1) is 0 Å². The molecule has 1 unspecified atom stereocenters. The van der Waals surface area contributed by atoms with Gasteiger partial charge >= 0.3 is 7.12 Å². The SMILES string of the molecule is CC(F)c1nc2cc(B3OC(C)(C)C(C)(C)O3)ccc2o1. The van der Waals surface area contributed by atoms with Crippen LogP contribution in [0.5, 0.6) is 0 Å². The topological polar surface area (TPSA) is 44.5 Å². The second kappa shape index (κ2) is 4.55. The van der Waals surface area contributed by atoms with Gasteiger partial charge in [0.05, 0.1) is 11.2 Å². The molecule has 1 saturated heterocycles. The van der Waals surface area contributed by atoms with E-state index in [2.05, 4.69) is 4.98 Å². The Morgan fingerprint density at radius 2 is 1.76 bits per heavy atom. The van der Waals surface area contributed by atoms with E-state index in [9.17, 15) is 4.39 Å². The number of nitrogens with zero attached hydrogens (tertiary/aromatic N) is 1. The Balaban J connectivity index is 1.95. The largest absolute Gasteiger partial charge is 0.494 e. The molecule has 112 valence electrons. The van der Waals surface area contributed by atoms with E-state index in [0.29, 0.717) is 11.1 Å². The zero-order chi connectivity index (χ0) is 15.4. The maximum Gasteiger partial charge on any atom is 0.494 e. The van der Waals surface area contributed by atoms with Crippen LogP contribution in [0.1, 0.15) is 46.7 Å². The van der Waals surface area contributed by atoms with Crippen LogP contribution in [0.25, 0.3) is 11.1 Å². The highest BCUT2D eigenvalue weighted by atomic mass is 19.1. The van der Waals surface area contributed by atoms with Crippen molar-refractivity contribution in [2.24, 2.45) is 0 Å². The molecule has 1 aromatic heterocycles. The second-order valence-electron chi connectivity index (χ2n) is 6.48. The molecule has 0 radical (unpaired) electrons. The molecule has 1 atom stereocenters. The number of hydrogen-bond donors (Lipinski definition) is 0. The Morgan fingerprint density at radius 3 is 2.33 bits per heavy atom. The van der Waals surface area contributed by atoms with Crippen LogP contribution < -0.4 is 5.46 Å². The molecule has 2 aromatic rings. The van der Waals surface area contributed by atoms with Crippen LogP contribution in [-0.4, -0.2) is 23.3 Å². The molecule has 0 amide bonds. The Bertz CT molecular complexity index is 665. The van der Waals surface area contributed by atoms with E-state index in [-0.39, 0.29) is 5.89 Å². The number of rotatable bonds is 2. The normalized spacial score (nSPS) is 21.9. The van der Waals surface area contributed by atoms with Gasteiger partial charge in [0, 0.05) is 0 Å². The summed E-state index contributed by atoms with van der Waals surface area (Å²) in [5.41, 5.74) is 1.24. The molecule has 0 spiro atoms. The van der Waals surface area contributed by atoms with Crippen LogP contribution in [0, 0.1) is 0 Å². The number of aromatic nitrogens is 1. The fourth-order valence-electron chi connectivity index (χ4n) is 2.26. The molecule has 4 nitrogen and oxygen atoms in total. The summed E-state index contributed by atoms with van der Waals surface area (Å²) in [4.78, 5) is 4.16. The summed E-state index contributed by atoms with van der Waals surface area (Å²) in [6, 6.07) is 5.46. The summed E-state index contributed by atoms with van der Waals surface area (Å²) in [5.74, 6) is 0.0936. The monoisotopic (exact) mass is 291 g/mol. The Labute approximate surface area is 123 Å². The Morgan fingerprint density at radius 1 is 1.14 bits per heavy atom. The third kappa shape index (κ3) is 2.36. The van der Waals surface area contributed by atoms with Crippen LogP contribution in [0.4, 0.5) is 4.39 Å². The molecule has 0 bridgehead atoms. The zero-order valence-electron chi connectivity index (χ0n) is 12.9. The fourth-order valence-corrected chi connectivity index (χ4v) is 2.26. The highest BCUT2D eigenvalue weighted by Crippen LogP contribution is 2.36. The van der Waals surface area contributed by atoms with Crippen molar-refractivity contribution in [2.45, 2.75) is 52.0 Å².